The number of aromatic hydroxyl groups is 1. The number of ketones is 2. The van der Waals surface area contributed by atoms with Crippen molar-refractivity contribution in [3.8, 4) is 5.75 Å². The van der Waals surface area contributed by atoms with Crippen molar-refractivity contribution in [2.45, 2.75) is 105 Å². The number of hydrogen-bond acceptors (Lipinski definition) is 10. The molecule has 14 nitrogen and oxygen atoms in total. The molecule has 4 rings (SSSR count). The number of carbonyl (C=O) groups is 6. The molecule has 290 valence electrons. The third-order valence-electron chi connectivity index (χ3n) is 9.34. The number of nitrogens with two attached hydrogens (primary N) is 1. The van der Waals surface area contributed by atoms with E-state index >= 15 is 0 Å². The lowest BCUT2D eigenvalue weighted by Crippen LogP contribution is -2.59. The van der Waals surface area contributed by atoms with E-state index in [4.69, 9.17) is 10.2 Å². The van der Waals surface area contributed by atoms with Gasteiger partial charge in [-0.1, -0.05) is 53.7 Å². The van der Waals surface area contributed by atoms with E-state index < -0.39 is 65.1 Å². The molecule has 3 aromatic rings. The molecule has 0 aliphatic heterocycles. The van der Waals surface area contributed by atoms with Gasteiger partial charge in [0.1, 0.15) is 35.0 Å². The first-order chi connectivity index (χ1) is 25.4. The maximum atomic E-state index is 14.0. The van der Waals surface area contributed by atoms with Crippen LogP contribution in [0, 0.1) is 24.7 Å². The minimum atomic E-state index is -1.23. The fourth-order valence-electron chi connectivity index (χ4n) is 6.57. The Morgan fingerprint density at radius 2 is 1.39 bits per heavy atom. The number of Topliss-reactive ketones (excluding diaryl/α,β-unsaturated/α-hetero) is 2. The summed E-state index contributed by atoms with van der Waals surface area (Å²) in [6, 6.07) is 4.75. The Kier molecular flexibility index (Phi) is 13.5. The summed E-state index contributed by atoms with van der Waals surface area (Å²) in [5.74, 6) is -3.52. The summed E-state index contributed by atoms with van der Waals surface area (Å²) in [6.45, 7) is 12.7. The molecule has 0 fully saturated rings. The molecule has 2 bridgehead atoms. The molecular weight excluding hydrogens is 694 g/mol. The van der Waals surface area contributed by atoms with E-state index in [9.17, 15) is 38.7 Å². The molecular formula is C40H51N5O9. The fraction of sp³-hybridized carbons (Fsp3) is 0.475. The van der Waals surface area contributed by atoms with Crippen LogP contribution in [0.15, 0.2) is 45.6 Å². The van der Waals surface area contributed by atoms with E-state index in [-0.39, 0.29) is 71.4 Å². The number of benzene rings is 2. The maximum Gasteiger partial charge on any atom is 0.347 e. The highest BCUT2D eigenvalue weighted by molar-refractivity contribution is 6.15. The van der Waals surface area contributed by atoms with Crippen LogP contribution in [0.1, 0.15) is 99.1 Å². The number of carbonyl (C=O) groups excluding carboxylic acids is 6. The van der Waals surface area contributed by atoms with E-state index in [1.165, 1.54) is 24.3 Å². The zero-order chi connectivity index (χ0) is 40.0. The highest BCUT2D eigenvalue weighted by Crippen LogP contribution is 2.31. The zero-order valence-electron chi connectivity index (χ0n) is 31.8. The Hall–Kier alpha value is -5.37. The Morgan fingerprint density at radius 3 is 2.00 bits per heavy atom. The summed E-state index contributed by atoms with van der Waals surface area (Å²) in [7, 11) is 0. The predicted molar refractivity (Wildman–Crippen MR) is 203 cm³/mol. The van der Waals surface area contributed by atoms with E-state index in [0.29, 0.717) is 22.9 Å². The van der Waals surface area contributed by atoms with Crippen LogP contribution in [0.25, 0.3) is 11.0 Å². The number of phenolic OH excluding ortho intramolecular Hbond substituents is 1. The number of hydrogen-bond donors (Lipinski definition) is 6. The second kappa shape index (κ2) is 17.6. The van der Waals surface area contributed by atoms with Crippen LogP contribution in [0.5, 0.6) is 5.75 Å². The van der Waals surface area contributed by atoms with Gasteiger partial charge in [-0.05, 0) is 66.8 Å². The second-order valence-electron chi connectivity index (χ2n) is 15.2. The standard InChI is InChI=1S/C40H51N5O9/c1-19(2)14-27(41)36(49)43-28(15-20(3)4)38(51)45-35(21(5)6)39(52)44-29(16-23-8-10-25(46)11-9-23)37(50)42-24-17-26-30(47)12-13-31(48)34-22(7)33(26)32(18-24)54-40(34)53/h8-11,17-21,27-29,35,46H,12-16,41H2,1-7H3,(H,42,50)(H,43,49)(H,44,52)(H,45,51)/t27-,28-,29-,35-/m0/s1. The third kappa shape index (κ3) is 10.2. The average Bonchev–Trinajstić information content (AvgIpc) is 3.08. The molecule has 1 aliphatic rings. The van der Waals surface area contributed by atoms with Crippen LogP contribution in [0.3, 0.4) is 0 Å². The van der Waals surface area contributed by atoms with Crippen molar-refractivity contribution >= 4 is 51.9 Å². The first kappa shape index (κ1) is 41.4. The van der Waals surface area contributed by atoms with Gasteiger partial charge in [0, 0.05) is 42.0 Å². The van der Waals surface area contributed by atoms with Crippen molar-refractivity contribution in [2.24, 2.45) is 23.5 Å². The SMILES string of the molecule is Cc1c2c(=O)oc3cc(NC(=O)[C@H](Cc4ccc(O)cc4)NC(=O)[C@@H](NC(=O)[C@H](CC(C)C)NC(=O)[C@@H](N)CC(C)C)C(C)C)cc(c13)C(=O)CCC2=O. The number of nitrogens with one attached hydrogen (secondary N) is 4. The van der Waals surface area contributed by atoms with Crippen molar-refractivity contribution < 1.29 is 38.3 Å². The molecule has 0 saturated heterocycles. The lowest BCUT2D eigenvalue weighted by Gasteiger charge is -2.28. The number of amides is 4. The van der Waals surface area contributed by atoms with Crippen LogP contribution >= 0.6 is 0 Å². The molecule has 1 aliphatic carbocycles. The van der Waals surface area contributed by atoms with E-state index in [1.54, 1.807) is 32.9 Å². The molecule has 14 heteroatoms. The Labute approximate surface area is 314 Å². The second-order valence-corrected chi connectivity index (χ2v) is 15.2. The van der Waals surface area contributed by atoms with Gasteiger partial charge in [-0.2, -0.15) is 0 Å². The normalized spacial score (nSPS) is 15.1. The Morgan fingerprint density at radius 1 is 0.778 bits per heavy atom. The molecule has 1 heterocycles. The van der Waals surface area contributed by atoms with Gasteiger partial charge in [0.25, 0.3) is 0 Å². The quantitative estimate of drug-likeness (QED) is 0.124. The summed E-state index contributed by atoms with van der Waals surface area (Å²) >= 11 is 0. The minimum absolute atomic E-state index is 0.00254. The van der Waals surface area contributed by atoms with Gasteiger partial charge in [0.15, 0.2) is 11.6 Å². The Balaban J connectivity index is 1.63. The predicted octanol–water partition coefficient (Wildman–Crippen LogP) is 3.68. The van der Waals surface area contributed by atoms with Gasteiger partial charge >= 0.3 is 5.63 Å². The molecule has 0 unspecified atom stereocenters. The molecule has 54 heavy (non-hydrogen) atoms. The Bertz CT molecular complexity index is 1980. The lowest BCUT2D eigenvalue weighted by molar-refractivity contribution is -0.134. The average molecular weight is 746 g/mol. The van der Waals surface area contributed by atoms with Crippen LogP contribution in [-0.2, 0) is 25.6 Å². The van der Waals surface area contributed by atoms with Gasteiger partial charge in [-0.15, -0.1) is 0 Å². The zero-order valence-corrected chi connectivity index (χ0v) is 31.8. The largest absolute Gasteiger partial charge is 0.508 e. The van der Waals surface area contributed by atoms with E-state index in [1.807, 2.05) is 27.7 Å². The van der Waals surface area contributed by atoms with E-state index in [2.05, 4.69) is 21.3 Å². The monoisotopic (exact) mass is 745 g/mol. The summed E-state index contributed by atoms with van der Waals surface area (Å²) in [5.41, 5.74) is 6.33. The van der Waals surface area contributed by atoms with Crippen molar-refractivity contribution in [3.05, 3.63) is 69.1 Å². The number of aryl methyl sites for hydroxylation is 1. The molecule has 4 atom stereocenters. The molecule has 2 aromatic carbocycles. The number of phenols is 1. The van der Waals surface area contributed by atoms with Crippen LogP contribution < -0.4 is 32.6 Å². The number of anilines is 1. The van der Waals surface area contributed by atoms with E-state index in [0.717, 1.165) is 0 Å². The summed E-state index contributed by atoms with van der Waals surface area (Å²) in [6.07, 6.45) is 0.376. The summed E-state index contributed by atoms with van der Waals surface area (Å²) in [5, 5.41) is 21.1. The number of fused-ring (bicyclic) bond motifs is 1. The summed E-state index contributed by atoms with van der Waals surface area (Å²) < 4.78 is 5.46. The third-order valence-corrected chi connectivity index (χ3v) is 9.34. The molecule has 0 spiro atoms. The van der Waals surface area contributed by atoms with Gasteiger partial charge < -0.3 is 36.5 Å². The highest BCUT2D eigenvalue weighted by Gasteiger charge is 2.33. The van der Waals surface area contributed by atoms with Crippen LogP contribution in [-0.4, -0.2) is 64.5 Å². The highest BCUT2D eigenvalue weighted by atomic mass is 16.4. The molecule has 4 amide bonds. The van der Waals surface area contributed by atoms with Crippen molar-refractivity contribution in [1.29, 1.82) is 0 Å². The van der Waals surface area contributed by atoms with Crippen molar-refractivity contribution in [3.63, 3.8) is 0 Å². The first-order valence-electron chi connectivity index (χ1n) is 18.3. The van der Waals surface area contributed by atoms with Crippen LogP contribution in [0.4, 0.5) is 5.69 Å². The van der Waals surface area contributed by atoms with Gasteiger partial charge in [-0.3, -0.25) is 28.8 Å². The summed E-state index contributed by atoms with van der Waals surface area (Å²) in [4.78, 5) is 93.1. The van der Waals surface area contributed by atoms with Gasteiger partial charge in [0.05, 0.1) is 6.04 Å². The van der Waals surface area contributed by atoms with Crippen LogP contribution in [0.2, 0.25) is 0 Å². The van der Waals surface area contributed by atoms with Crippen molar-refractivity contribution in [2.75, 3.05) is 5.32 Å². The topological polar surface area (TPSA) is 227 Å². The number of rotatable bonds is 15. The fourth-order valence-corrected chi connectivity index (χ4v) is 6.57. The smallest absolute Gasteiger partial charge is 0.347 e. The molecule has 1 aromatic heterocycles. The molecule has 7 N–H and O–H groups in total. The molecule has 0 saturated carbocycles. The van der Waals surface area contributed by atoms with Gasteiger partial charge in [-0.25, -0.2) is 4.79 Å². The van der Waals surface area contributed by atoms with Crippen molar-refractivity contribution in [1.82, 2.24) is 16.0 Å². The first-order valence-corrected chi connectivity index (χ1v) is 18.3. The lowest BCUT2D eigenvalue weighted by atomic mass is 9.90. The van der Waals surface area contributed by atoms with Gasteiger partial charge in [0.2, 0.25) is 23.6 Å². The minimum Gasteiger partial charge on any atom is -0.508 e. The molecule has 0 radical (unpaired) electrons. The maximum absolute atomic E-state index is 14.0.